The molecule has 1 amide bonds. The summed E-state index contributed by atoms with van der Waals surface area (Å²) in [6.45, 7) is 2.66. The summed E-state index contributed by atoms with van der Waals surface area (Å²) in [6, 6.07) is 5.33. The first-order valence-corrected chi connectivity index (χ1v) is 6.41. The van der Waals surface area contributed by atoms with Gasteiger partial charge in [-0.3, -0.25) is 4.79 Å². The molecule has 1 aromatic carbocycles. The first-order chi connectivity index (χ1) is 8.63. The Bertz CT molecular complexity index is 445. The molecule has 3 N–H and O–H groups in total. The maximum atomic E-state index is 12.5. The minimum atomic E-state index is -0.0490. The van der Waals surface area contributed by atoms with Crippen molar-refractivity contribution in [1.82, 2.24) is 4.90 Å². The van der Waals surface area contributed by atoms with E-state index < -0.39 is 0 Å². The average Bonchev–Trinajstić information content (AvgIpc) is 2.40. The smallest absolute Gasteiger partial charge is 0.254 e. The van der Waals surface area contributed by atoms with Crippen molar-refractivity contribution in [3.8, 4) is 0 Å². The SMILES string of the molecule is Cc1ccc(N)cc1C(=O)N1CCCCC1CO. The van der Waals surface area contributed by atoms with Crippen molar-refractivity contribution >= 4 is 11.6 Å². The van der Waals surface area contributed by atoms with Gasteiger partial charge in [-0.05, 0) is 43.9 Å². The molecule has 1 aliphatic rings. The number of benzene rings is 1. The molecular weight excluding hydrogens is 228 g/mol. The fourth-order valence-electron chi connectivity index (χ4n) is 2.48. The number of amides is 1. The van der Waals surface area contributed by atoms with Crippen LogP contribution in [0.4, 0.5) is 5.69 Å². The predicted octanol–water partition coefficient (Wildman–Crippen LogP) is 1.56. The van der Waals surface area contributed by atoms with Gasteiger partial charge in [0.1, 0.15) is 0 Å². The summed E-state index contributed by atoms with van der Waals surface area (Å²) in [4.78, 5) is 14.3. The number of nitrogen functional groups attached to an aromatic ring is 1. The third-order valence-electron chi connectivity index (χ3n) is 3.59. The average molecular weight is 248 g/mol. The number of nitrogens with zero attached hydrogens (tertiary/aromatic N) is 1. The lowest BCUT2D eigenvalue weighted by molar-refractivity contribution is 0.0502. The van der Waals surface area contributed by atoms with Gasteiger partial charge < -0.3 is 15.7 Å². The van der Waals surface area contributed by atoms with Crippen LogP contribution in [0.3, 0.4) is 0 Å². The van der Waals surface area contributed by atoms with E-state index in [2.05, 4.69) is 0 Å². The second-order valence-corrected chi connectivity index (χ2v) is 4.91. The monoisotopic (exact) mass is 248 g/mol. The highest BCUT2D eigenvalue weighted by Crippen LogP contribution is 2.22. The Balaban J connectivity index is 2.26. The number of aryl methyl sites for hydroxylation is 1. The second-order valence-electron chi connectivity index (χ2n) is 4.91. The lowest BCUT2D eigenvalue weighted by Crippen LogP contribution is -2.45. The zero-order valence-electron chi connectivity index (χ0n) is 10.7. The highest BCUT2D eigenvalue weighted by atomic mass is 16.3. The molecule has 4 heteroatoms. The van der Waals surface area contributed by atoms with Gasteiger partial charge in [0, 0.05) is 17.8 Å². The van der Waals surface area contributed by atoms with Crippen LogP contribution in [-0.2, 0) is 0 Å². The molecule has 1 fully saturated rings. The van der Waals surface area contributed by atoms with Crippen molar-refractivity contribution in [3.63, 3.8) is 0 Å². The van der Waals surface area contributed by atoms with Gasteiger partial charge >= 0.3 is 0 Å². The van der Waals surface area contributed by atoms with Crippen molar-refractivity contribution in [2.45, 2.75) is 32.2 Å². The third kappa shape index (κ3) is 2.48. The van der Waals surface area contributed by atoms with Gasteiger partial charge in [0.25, 0.3) is 5.91 Å². The topological polar surface area (TPSA) is 66.6 Å². The minimum Gasteiger partial charge on any atom is -0.399 e. The van der Waals surface area contributed by atoms with Crippen LogP contribution in [0.2, 0.25) is 0 Å². The Morgan fingerprint density at radius 2 is 2.28 bits per heavy atom. The van der Waals surface area contributed by atoms with E-state index in [1.807, 2.05) is 13.0 Å². The van der Waals surface area contributed by atoms with Gasteiger partial charge in [0.05, 0.1) is 12.6 Å². The molecule has 1 atom stereocenters. The van der Waals surface area contributed by atoms with E-state index in [-0.39, 0.29) is 18.6 Å². The van der Waals surface area contributed by atoms with Gasteiger partial charge in [-0.25, -0.2) is 0 Å². The van der Waals surface area contributed by atoms with Crippen molar-refractivity contribution in [1.29, 1.82) is 0 Å². The first-order valence-electron chi connectivity index (χ1n) is 6.41. The number of nitrogens with two attached hydrogens (primary N) is 1. The molecule has 1 unspecified atom stereocenters. The van der Waals surface area contributed by atoms with Crippen LogP contribution in [0, 0.1) is 6.92 Å². The molecule has 0 spiro atoms. The fourth-order valence-corrected chi connectivity index (χ4v) is 2.48. The van der Waals surface area contributed by atoms with E-state index in [1.165, 1.54) is 0 Å². The summed E-state index contributed by atoms with van der Waals surface area (Å²) in [7, 11) is 0. The standard InChI is InChI=1S/C14H20N2O2/c1-10-5-6-11(15)8-13(10)14(18)16-7-3-2-4-12(16)9-17/h5-6,8,12,17H,2-4,7,9,15H2,1H3. The van der Waals surface area contributed by atoms with Crippen LogP contribution in [0.15, 0.2) is 18.2 Å². The molecule has 0 aliphatic carbocycles. The van der Waals surface area contributed by atoms with Crippen molar-refractivity contribution in [2.75, 3.05) is 18.9 Å². The Morgan fingerprint density at radius 3 is 3.00 bits per heavy atom. The van der Waals surface area contributed by atoms with E-state index in [4.69, 9.17) is 5.73 Å². The summed E-state index contributed by atoms with van der Waals surface area (Å²) in [5, 5.41) is 9.36. The van der Waals surface area contributed by atoms with E-state index in [0.29, 0.717) is 11.3 Å². The predicted molar refractivity (Wildman–Crippen MR) is 71.4 cm³/mol. The molecule has 98 valence electrons. The largest absolute Gasteiger partial charge is 0.399 e. The summed E-state index contributed by atoms with van der Waals surface area (Å²) < 4.78 is 0. The van der Waals surface area contributed by atoms with Crippen LogP contribution in [0.25, 0.3) is 0 Å². The molecule has 1 aliphatic heterocycles. The second kappa shape index (κ2) is 5.40. The number of piperidine rings is 1. The number of aliphatic hydroxyl groups is 1. The molecule has 0 saturated carbocycles. The summed E-state index contributed by atoms with van der Waals surface area (Å²) >= 11 is 0. The lowest BCUT2D eigenvalue weighted by atomic mass is 9.99. The zero-order valence-corrected chi connectivity index (χ0v) is 10.7. The van der Waals surface area contributed by atoms with E-state index >= 15 is 0 Å². The highest BCUT2D eigenvalue weighted by Gasteiger charge is 2.27. The maximum absolute atomic E-state index is 12.5. The number of carbonyl (C=O) groups excluding carboxylic acids is 1. The van der Waals surface area contributed by atoms with Gasteiger partial charge in [-0.1, -0.05) is 6.07 Å². The molecule has 1 aromatic rings. The van der Waals surface area contributed by atoms with E-state index in [0.717, 1.165) is 31.4 Å². The van der Waals surface area contributed by atoms with Crippen molar-refractivity contribution in [3.05, 3.63) is 29.3 Å². The Kier molecular flexibility index (Phi) is 3.87. The normalized spacial score (nSPS) is 19.9. The number of carbonyl (C=O) groups is 1. The van der Waals surface area contributed by atoms with Gasteiger partial charge in [0.15, 0.2) is 0 Å². The molecule has 18 heavy (non-hydrogen) atoms. The molecule has 0 bridgehead atoms. The van der Waals surface area contributed by atoms with Crippen LogP contribution in [0.1, 0.15) is 35.2 Å². The third-order valence-corrected chi connectivity index (χ3v) is 3.59. The Morgan fingerprint density at radius 1 is 1.50 bits per heavy atom. The van der Waals surface area contributed by atoms with Gasteiger partial charge in [-0.15, -0.1) is 0 Å². The number of anilines is 1. The molecule has 1 saturated heterocycles. The number of rotatable bonds is 2. The van der Waals surface area contributed by atoms with Crippen molar-refractivity contribution in [2.24, 2.45) is 0 Å². The molecule has 0 radical (unpaired) electrons. The van der Waals surface area contributed by atoms with Gasteiger partial charge in [0.2, 0.25) is 0 Å². The molecule has 1 heterocycles. The molecule has 2 rings (SSSR count). The van der Waals surface area contributed by atoms with Crippen LogP contribution in [0.5, 0.6) is 0 Å². The number of aliphatic hydroxyl groups excluding tert-OH is 1. The Labute approximate surface area is 107 Å². The van der Waals surface area contributed by atoms with E-state index in [9.17, 15) is 9.90 Å². The summed E-state index contributed by atoms with van der Waals surface area (Å²) in [6.07, 6.45) is 2.96. The lowest BCUT2D eigenvalue weighted by Gasteiger charge is -2.35. The molecular formula is C14H20N2O2. The maximum Gasteiger partial charge on any atom is 0.254 e. The molecule has 0 aromatic heterocycles. The van der Waals surface area contributed by atoms with Crippen LogP contribution >= 0.6 is 0 Å². The number of likely N-dealkylation sites (tertiary alicyclic amines) is 1. The minimum absolute atomic E-state index is 0.0152. The first kappa shape index (κ1) is 12.9. The Hall–Kier alpha value is -1.55. The summed E-state index contributed by atoms with van der Waals surface area (Å²) in [5.74, 6) is -0.0152. The van der Waals surface area contributed by atoms with Crippen LogP contribution < -0.4 is 5.73 Å². The number of hydrogen-bond acceptors (Lipinski definition) is 3. The van der Waals surface area contributed by atoms with Crippen LogP contribution in [-0.4, -0.2) is 35.1 Å². The quantitative estimate of drug-likeness (QED) is 0.781. The van der Waals surface area contributed by atoms with E-state index in [1.54, 1.807) is 17.0 Å². The van der Waals surface area contributed by atoms with Crippen molar-refractivity contribution < 1.29 is 9.90 Å². The summed E-state index contributed by atoms with van der Waals surface area (Å²) in [5.41, 5.74) is 7.92. The fraction of sp³-hybridized carbons (Fsp3) is 0.500. The molecule has 4 nitrogen and oxygen atoms in total. The zero-order chi connectivity index (χ0) is 13.1. The van der Waals surface area contributed by atoms with Gasteiger partial charge in [-0.2, -0.15) is 0 Å². The number of hydrogen-bond donors (Lipinski definition) is 2. The highest BCUT2D eigenvalue weighted by molar-refractivity contribution is 5.96.